The Morgan fingerprint density at radius 1 is 1.16 bits per heavy atom. The molecule has 0 saturated carbocycles. The van der Waals surface area contributed by atoms with Gasteiger partial charge in [0.1, 0.15) is 6.54 Å². The molecule has 2 aliphatic heterocycles. The molecule has 0 aliphatic carbocycles. The zero-order chi connectivity index (χ0) is 21.8. The van der Waals surface area contributed by atoms with Crippen molar-refractivity contribution in [1.82, 2.24) is 10.2 Å². The van der Waals surface area contributed by atoms with Gasteiger partial charge in [-0.3, -0.25) is 19.3 Å². The fraction of sp³-hybridized carbons (Fsp3) is 0.227. The predicted octanol–water partition coefficient (Wildman–Crippen LogP) is 2.17. The third kappa shape index (κ3) is 4.89. The van der Waals surface area contributed by atoms with Gasteiger partial charge in [-0.1, -0.05) is 36.4 Å². The van der Waals surface area contributed by atoms with E-state index in [4.69, 9.17) is 9.47 Å². The van der Waals surface area contributed by atoms with Crippen LogP contribution in [-0.4, -0.2) is 53.0 Å². The summed E-state index contributed by atoms with van der Waals surface area (Å²) < 4.78 is 10.6. The summed E-state index contributed by atoms with van der Waals surface area (Å²) in [5.41, 5.74) is 1.64. The number of amides is 3. The monoisotopic (exact) mass is 440 g/mol. The third-order valence-corrected chi connectivity index (χ3v) is 5.69. The molecular weight excluding hydrogens is 420 g/mol. The molecule has 0 spiro atoms. The smallest absolute Gasteiger partial charge is 0.294 e. The Morgan fingerprint density at radius 3 is 2.71 bits per heavy atom. The Morgan fingerprint density at radius 2 is 1.94 bits per heavy atom. The number of benzene rings is 2. The van der Waals surface area contributed by atoms with E-state index in [2.05, 4.69) is 5.32 Å². The van der Waals surface area contributed by atoms with E-state index in [1.54, 1.807) is 24.3 Å². The summed E-state index contributed by atoms with van der Waals surface area (Å²) in [6.45, 7) is -0.523. The zero-order valence-corrected chi connectivity index (χ0v) is 17.3. The molecule has 0 aromatic heterocycles. The van der Waals surface area contributed by atoms with E-state index in [0.717, 1.165) is 22.2 Å². The second kappa shape index (κ2) is 9.23. The van der Waals surface area contributed by atoms with Crippen LogP contribution in [0, 0.1) is 0 Å². The van der Waals surface area contributed by atoms with E-state index >= 15 is 0 Å². The molecule has 3 amide bonds. The molecule has 2 aliphatic rings. The summed E-state index contributed by atoms with van der Waals surface area (Å²) in [5, 5.41) is 11.7. The number of ether oxygens (including phenoxy) is 2. The maximum atomic E-state index is 12.7. The Hall–Kier alpha value is -3.30. The van der Waals surface area contributed by atoms with E-state index < -0.39 is 29.6 Å². The molecule has 31 heavy (non-hydrogen) atoms. The van der Waals surface area contributed by atoms with Gasteiger partial charge in [0.15, 0.2) is 11.5 Å². The molecule has 160 valence electrons. The molecule has 1 atom stereocenters. The summed E-state index contributed by atoms with van der Waals surface area (Å²) >= 11 is 0.776. The van der Waals surface area contributed by atoms with Crippen LogP contribution in [0.3, 0.4) is 0 Å². The third-order valence-electron chi connectivity index (χ3n) is 4.78. The number of fused-ring (bicyclic) bond motifs is 1. The number of aliphatic hydroxyl groups is 1. The molecular formula is C22H20N2O6S. The second-order valence-corrected chi connectivity index (χ2v) is 8.01. The Kier molecular flexibility index (Phi) is 6.24. The van der Waals surface area contributed by atoms with Crippen LogP contribution in [0.5, 0.6) is 11.5 Å². The number of nitrogens with zero attached hydrogens (tertiary/aromatic N) is 1. The Labute approximate surface area is 182 Å². The lowest BCUT2D eigenvalue weighted by Crippen LogP contribution is -2.45. The first kappa shape index (κ1) is 21.0. The number of thioether (sulfide) groups is 1. The quantitative estimate of drug-likeness (QED) is 0.636. The number of carbonyl (C=O) groups excluding carboxylic acids is 3. The number of imide groups is 1. The van der Waals surface area contributed by atoms with Gasteiger partial charge in [-0.2, -0.15) is 0 Å². The van der Waals surface area contributed by atoms with E-state index in [1.807, 2.05) is 30.3 Å². The van der Waals surface area contributed by atoms with Crippen LogP contribution in [0.25, 0.3) is 6.08 Å². The van der Waals surface area contributed by atoms with Crippen LogP contribution in [0.2, 0.25) is 0 Å². The fourth-order valence-corrected chi connectivity index (χ4v) is 4.11. The highest BCUT2D eigenvalue weighted by Crippen LogP contribution is 2.36. The molecule has 1 fully saturated rings. The van der Waals surface area contributed by atoms with Gasteiger partial charge in [0.25, 0.3) is 11.1 Å². The molecule has 2 N–H and O–H groups in total. The van der Waals surface area contributed by atoms with Crippen molar-refractivity contribution in [1.29, 1.82) is 0 Å². The number of hydrogen-bond acceptors (Lipinski definition) is 7. The Balaban J connectivity index is 1.39. The van der Waals surface area contributed by atoms with Crippen LogP contribution in [0.4, 0.5) is 4.79 Å². The van der Waals surface area contributed by atoms with Crippen LogP contribution < -0.4 is 14.8 Å². The standard InChI is InChI=1S/C22H20N2O6S/c25-12-16(8-14-4-2-1-3-5-14)23-20(26)11-24-21(27)19(31-22(24)28)10-15-6-7-17-18(9-15)30-13-29-17/h1-7,9-10,16,25H,8,11-13H2,(H,23,26)/b19-10-/t16-/m1/s1. The van der Waals surface area contributed by atoms with Crippen molar-refractivity contribution >= 4 is 34.9 Å². The maximum Gasteiger partial charge on any atom is 0.294 e. The first-order valence-electron chi connectivity index (χ1n) is 9.62. The largest absolute Gasteiger partial charge is 0.454 e. The minimum Gasteiger partial charge on any atom is -0.454 e. The topological polar surface area (TPSA) is 105 Å². The van der Waals surface area contributed by atoms with Crippen molar-refractivity contribution in [3.63, 3.8) is 0 Å². The Bertz CT molecular complexity index is 1040. The predicted molar refractivity (Wildman–Crippen MR) is 114 cm³/mol. The van der Waals surface area contributed by atoms with E-state index in [0.29, 0.717) is 23.5 Å². The number of hydrogen-bond donors (Lipinski definition) is 2. The minimum atomic E-state index is -0.536. The van der Waals surface area contributed by atoms with Crippen LogP contribution >= 0.6 is 11.8 Å². The first-order chi connectivity index (χ1) is 15.0. The lowest BCUT2D eigenvalue weighted by atomic mass is 10.1. The molecule has 1 saturated heterocycles. The molecule has 8 nitrogen and oxygen atoms in total. The zero-order valence-electron chi connectivity index (χ0n) is 16.4. The lowest BCUT2D eigenvalue weighted by molar-refractivity contribution is -0.129. The van der Waals surface area contributed by atoms with Crippen molar-refractivity contribution in [2.45, 2.75) is 12.5 Å². The fourth-order valence-electron chi connectivity index (χ4n) is 3.27. The van der Waals surface area contributed by atoms with Crippen molar-refractivity contribution in [3.05, 3.63) is 64.6 Å². The van der Waals surface area contributed by atoms with Crippen molar-refractivity contribution in [2.75, 3.05) is 19.9 Å². The molecule has 0 radical (unpaired) electrons. The van der Waals surface area contributed by atoms with Gasteiger partial charge < -0.3 is 19.9 Å². The van der Waals surface area contributed by atoms with Crippen molar-refractivity contribution in [2.24, 2.45) is 0 Å². The molecule has 2 aromatic rings. The van der Waals surface area contributed by atoms with Crippen molar-refractivity contribution < 1.29 is 29.0 Å². The SMILES string of the molecule is O=C(CN1C(=O)S/C(=C\c2ccc3c(c2)OCO3)C1=O)N[C@@H](CO)Cc1ccccc1. The van der Waals surface area contributed by atoms with E-state index in [1.165, 1.54) is 0 Å². The average molecular weight is 440 g/mol. The summed E-state index contributed by atoms with van der Waals surface area (Å²) in [4.78, 5) is 38.5. The van der Waals surface area contributed by atoms with E-state index in [-0.39, 0.29) is 18.3 Å². The first-order valence-corrected chi connectivity index (χ1v) is 10.4. The molecule has 2 heterocycles. The number of carbonyl (C=O) groups is 3. The van der Waals surface area contributed by atoms with Gasteiger partial charge in [0.05, 0.1) is 17.6 Å². The number of aliphatic hydroxyl groups excluding tert-OH is 1. The highest BCUT2D eigenvalue weighted by molar-refractivity contribution is 8.18. The highest BCUT2D eigenvalue weighted by atomic mass is 32.2. The van der Waals surface area contributed by atoms with Gasteiger partial charge in [-0.15, -0.1) is 0 Å². The van der Waals surface area contributed by atoms with Crippen LogP contribution in [-0.2, 0) is 16.0 Å². The van der Waals surface area contributed by atoms with Gasteiger partial charge in [0, 0.05) is 0 Å². The molecule has 0 unspecified atom stereocenters. The molecule has 4 rings (SSSR count). The summed E-state index contributed by atoms with van der Waals surface area (Å²) in [7, 11) is 0. The van der Waals surface area contributed by atoms with Crippen molar-refractivity contribution in [3.8, 4) is 11.5 Å². The minimum absolute atomic E-state index is 0.142. The van der Waals surface area contributed by atoms with E-state index in [9.17, 15) is 19.5 Å². The number of rotatable bonds is 7. The molecule has 9 heteroatoms. The average Bonchev–Trinajstić information content (AvgIpc) is 3.33. The van der Waals surface area contributed by atoms with Crippen LogP contribution in [0.15, 0.2) is 53.4 Å². The van der Waals surface area contributed by atoms with Gasteiger partial charge >= 0.3 is 0 Å². The second-order valence-electron chi connectivity index (χ2n) is 7.02. The maximum absolute atomic E-state index is 12.7. The highest BCUT2D eigenvalue weighted by Gasteiger charge is 2.36. The lowest BCUT2D eigenvalue weighted by Gasteiger charge is -2.18. The van der Waals surface area contributed by atoms with Gasteiger partial charge in [0.2, 0.25) is 12.7 Å². The summed E-state index contributed by atoms with van der Waals surface area (Å²) in [5.74, 6) is 0.143. The van der Waals surface area contributed by atoms with Gasteiger partial charge in [-0.05, 0) is 47.5 Å². The summed E-state index contributed by atoms with van der Waals surface area (Å²) in [6.07, 6.45) is 2.02. The number of nitrogens with one attached hydrogen (secondary N) is 1. The molecule has 0 bridgehead atoms. The van der Waals surface area contributed by atoms with Gasteiger partial charge in [-0.25, -0.2) is 0 Å². The normalized spacial score (nSPS) is 17.3. The summed E-state index contributed by atoms with van der Waals surface area (Å²) in [6, 6.07) is 14.1. The molecule has 2 aromatic carbocycles. The van der Waals surface area contributed by atoms with Crippen LogP contribution in [0.1, 0.15) is 11.1 Å².